The summed E-state index contributed by atoms with van der Waals surface area (Å²) in [5.74, 6) is -1.31. The van der Waals surface area contributed by atoms with Gasteiger partial charge in [-0.2, -0.15) is 0 Å². The van der Waals surface area contributed by atoms with Crippen LogP contribution in [0, 0.1) is 0 Å². The van der Waals surface area contributed by atoms with Crippen molar-refractivity contribution in [3.8, 4) is 34.1 Å². The molecular weight excluding hydrogens is 608 g/mol. The predicted molar refractivity (Wildman–Crippen MR) is 97.0 cm³/mol. The molecule has 0 spiro atoms. The summed E-state index contributed by atoms with van der Waals surface area (Å²) in [6.07, 6.45) is 0. The summed E-state index contributed by atoms with van der Waals surface area (Å²) < 4.78 is 1.68. The molecule has 112 valence electrons. The average Bonchev–Trinajstić information content (AvgIpc) is 2.46. The second kappa shape index (κ2) is 6.27. The number of aromatic hydroxyl groups is 4. The van der Waals surface area contributed by atoms with Gasteiger partial charge in [-0.15, -0.1) is 0 Å². The Kier molecular flexibility index (Phi) is 5.19. The maximum Gasteiger partial charge on any atom is 0.174 e. The molecule has 21 heavy (non-hydrogen) atoms. The average molecular weight is 613 g/mol. The fourth-order valence-electron chi connectivity index (χ4n) is 1.66. The second-order valence-corrected chi connectivity index (χ2v) is 7.90. The monoisotopic (exact) mass is 608 g/mol. The van der Waals surface area contributed by atoms with Crippen LogP contribution in [0.25, 0.3) is 11.1 Å². The van der Waals surface area contributed by atoms with Gasteiger partial charge in [-0.05, 0) is 85.7 Å². The lowest BCUT2D eigenvalue weighted by Gasteiger charge is -2.16. The van der Waals surface area contributed by atoms with Crippen molar-refractivity contribution < 1.29 is 20.4 Å². The summed E-state index contributed by atoms with van der Waals surface area (Å²) in [4.78, 5) is 0. The number of phenolic OH excluding ortho intramolecular Hbond substituents is 4. The topological polar surface area (TPSA) is 80.9 Å². The smallest absolute Gasteiger partial charge is 0.174 e. The summed E-state index contributed by atoms with van der Waals surface area (Å²) >= 11 is 16.2. The van der Waals surface area contributed by atoms with Crippen molar-refractivity contribution in [2.75, 3.05) is 0 Å². The van der Waals surface area contributed by atoms with Gasteiger partial charge < -0.3 is 20.4 Å². The van der Waals surface area contributed by atoms with E-state index in [2.05, 4.69) is 79.6 Å². The molecule has 0 saturated heterocycles. The molecule has 4 N–H and O–H groups in total. The molecular formula is C12H5Br5O4. The van der Waals surface area contributed by atoms with Gasteiger partial charge in [0.25, 0.3) is 0 Å². The third kappa shape index (κ3) is 2.83. The zero-order valence-corrected chi connectivity index (χ0v) is 17.7. The minimum Gasteiger partial charge on any atom is -0.504 e. The fourth-order valence-corrected chi connectivity index (χ4v) is 4.43. The van der Waals surface area contributed by atoms with Crippen LogP contribution in [0.3, 0.4) is 0 Å². The van der Waals surface area contributed by atoms with Gasteiger partial charge in [0.15, 0.2) is 23.0 Å². The zero-order valence-electron chi connectivity index (χ0n) is 9.76. The van der Waals surface area contributed by atoms with Crippen LogP contribution in [-0.2, 0) is 0 Å². The van der Waals surface area contributed by atoms with E-state index >= 15 is 0 Å². The summed E-state index contributed by atoms with van der Waals surface area (Å²) in [6, 6.07) is 1.33. The van der Waals surface area contributed by atoms with Gasteiger partial charge in [0, 0.05) is 20.1 Å². The Balaban J connectivity index is 2.93. The van der Waals surface area contributed by atoms with Crippen LogP contribution in [0.4, 0.5) is 0 Å². The number of hydrogen-bond donors (Lipinski definition) is 4. The minimum absolute atomic E-state index is 0.229. The maximum atomic E-state index is 9.95. The summed E-state index contributed by atoms with van der Waals surface area (Å²) in [7, 11) is 0. The molecule has 0 aromatic heterocycles. The Bertz CT molecular complexity index is 731. The van der Waals surface area contributed by atoms with Gasteiger partial charge in [0.05, 0.1) is 13.4 Å². The van der Waals surface area contributed by atoms with Crippen LogP contribution < -0.4 is 0 Å². The van der Waals surface area contributed by atoms with Gasteiger partial charge in [0.1, 0.15) is 0 Å². The first-order valence-electron chi connectivity index (χ1n) is 5.17. The molecule has 0 radical (unpaired) electrons. The maximum absolute atomic E-state index is 9.95. The first-order valence-corrected chi connectivity index (χ1v) is 9.13. The molecule has 2 aromatic rings. The van der Waals surface area contributed by atoms with E-state index in [0.717, 1.165) is 0 Å². The first kappa shape index (κ1) is 17.4. The lowest BCUT2D eigenvalue weighted by atomic mass is 10.0. The molecule has 0 aliphatic heterocycles. The molecule has 0 aliphatic rings. The van der Waals surface area contributed by atoms with E-state index in [4.69, 9.17) is 0 Å². The first-order chi connectivity index (χ1) is 9.68. The molecule has 2 aromatic carbocycles. The third-order valence-electron chi connectivity index (χ3n) is 2.70. The number of hydrogen-bond acceptors (Lipinski definition) is 4. The molecule has 0 aliphatic carbocycles. The van der Waals surface area contributed by atoms with E-state index in [9.17, 15) is 20.4 Å². The lowest BCUT2D eigenvalue weighted by molar-refractivity contribution is 0.398. The van der Waals surface area contributed by atoms with E-state index in [1.165, 1.54) is 6.07 Å². The molecule has 4 nitrogen and oxygen atoms in total. The SMILES string of the molecule is Oc1cc(-c2c(Br)c(O)c(O)c(Br)c2Br)c(Br)c(Br)c1O. The predicted octanol–water partition coefficient (Wildman–Crippen LogP) is 5.99. The summed E-state index contributed by atoms with van der Waals surface area (Å²) in [6.45, 7) is 0. The third-order valence-corrected chi connectivity index (χ3v) is 7.70. The summed E-state index contributed by atoms with van der Waals surface area (Å²) in [5.41, 5.74) is 0.951. The van der Waals surface area contributed by atoms with Gasteiger partial charge in [0.2, 0.25) is 0 Å². The van der Waals surface area contributed by atoms with E-state index in [-0.39, 0.29) is 36.4 Å². The summed E-state index contributed by atoms with van der Waals surface area (Å²) in [5, 5.41) is 39.2. The Hall–Kier alpha value is 0.0400. The second-order valence-electron chi connectivity index (χ2n) is 3.93. The highest BCUT2D eigenvalue weighted by atomic mass is 79.9. The van der Waals surface area contributed by atoms with E-state index in [1.807, 2.05) is 0 Å². The van der Waals surface area contributed by atoms with E-state index in [1.54, 1.807) is 0 Å². The largest absolute Gasteiger partial charge is 0.504 e. The molecule has 0 bridgehead atoms. The molecule has 0 heterocycles. The van der Waals surface area contributed by atoms with Crippen LogP contribution >= 0.6 is 79.6 Å². The van der Waals surface area contributed by atoms with Gasteiger partial charge in [-0.25, -0.2) is 0 Å². The van der Waals surface area contributed by atoms with Gasteiger partial charge in [-0.1, -0.05) is 0 Å². The number of phenols is 4. The Morgan fingerprint density at radius 2 is 1.05 bits per heavy atom. The standard InChI is InChI=1S/C12H5Br5O4/c13-5-2(1-3(18)10(19)8(5)16)4-6(14)9(17)12(21)11(20)7(4)15/h1,18-21H. The van der Waals surface area contributed by atoms with Crippen molar-refractivity contribution in [3.63, 3.8) is 0 Å². The van der Waals surface area contributed by atoms with Crippen LogP contribution in [0.1, 0.15) is 0 Å². The normalized spacial score (nSPS) is 10.9. The molecule has 0 unspecified atom stereocenters. The van der Waals surface area contributed by atoms with Crippen molar-refractivity contribution in [1.82, 2.24) is 0 Å². The molecule has 9 heteroatoms. The van der Waals surface area contributed by atoms with Gasteiger partial charge >= 0.3 is 0 Å². The molecule has 2 rings (SSSR count). The highest BCUT2D eigenvalue weighted by Crippen LogP contribution is 2.54. The molecule has 0 amide bonds. The van der Waals surface area contributed by atoms with Crippen molar-refractivity contribution >= 4 is 79.6 Å². The highest BCUT2D eigenvalue weighted by Gasteiger charge is 2.24. The van der Waals surface area contributed by atoms with Crippen molar-refractivity contribution in [2.24, 2.45) is 0 Å². The van der Waals surface area contributed by atoms with Crippen molar-refractivity contribution in [2.45, 2.75) is 0 Å². The van der Waals surface area contributed by atoms with Gasteiger partial charge in [-0.3, -0.25) is 0 Å². The van der Waals surface area contributed by atoms with Crippen molar-refractivity contribution in [3.05, 3.63) is 28.4 Å². The molecule has 0 atom stereocenters. The Labute approximate surface area is 161 Å². The Morgan fingerprint density at radius 3 is 1.62 bits per heavy atom. The lowest BCUT2D eigenvalue weighted by Crippen LogP contribution is -1.89. The minimum atomic E-state index is -0.351. The highest BCUT2D eigenvalue weighted by molar-refractivity contribution is 9.13. The quantitative estimate of drug-likeness (QED) is 0.236. The molecule has 0 fully saturated rings. The van der Waals surface area contributed by atoms with E-state index in [0.29, 0.717) is 20.1 Å². The van der Waals surface area contributed by atoms with Crippen LogP contribution in [0.15, 0.2) is 28.4 Å². The molecule has 0 saturated carbocycles. The van der Waals surface area contributed by atoms with Crippen LogP contribution in [0.5, 0.6) is 23.0 Å². The number of benzene rings is 2. The van der Waals surface area contributed by atoms with Crippen LogP contribution in [-0.4, -0.2) is 20.4 Å². The van der Waals surface area contributed by atoms with Crippen molar-refractivity contribution in [1.29, 1.82) is 0 Å². The fraction of sp³-hybridized carbons (Fsp3) is 0. The Morgan fingerprint density at radius 1 is 0.571 bits per heavy atom. The van der Waals surface area contributed by atoms with E-state index < -0.39 is 0 Å². The van der Waals surface area contributed by atoms with Crippen LogP contribution in [0.2, 0.25) is 0 Å². The number of rotatable bonds is 1. The number of halogens is 5. The zero-order chi connectivity index (χ0) is 16.1.